The Hall–Kier alpha value is -3.41. The Balaban J connectivity index is 2.33. The van der Waals surface area contributed by atoms with E-state index in [1.807, 2.05) is 32.0 Å². The molecule has 2 aromatic carbocycles. The summed E-state index contributed by atoms with van der Waals surface area (Å²) in [5.41, 5.74) is 8.07. The van der Waals surface area contributed by atoms with E-state index in [1.165, 1.54) is 10.8 Å². The summed E-state index contributed by atoms with van der Waals surface area (Å²) in [5, 5.41) is 10.5. The highest BCUT2D eigenvalue weighted by Gasteiger charge is 2.16. The van der Waals surface area contributed by atoms with E-state index in [4.69, 9.17) is 11.1 Å². The number of amides is 1. The lowest BCUT2D eigenvalue weighted by Gasteiger charge is -2.14. The Morgan fingerprint density at radius 1 is 1.12 bits per heavy atom. The van der Waals surface area contributed by atoms with Crippen molar-refractivity contribution in [3.05, 3.63) is 75.7 Å². The summed E-state index contributed by atoms with van der Waals surface area (Å²) < 4.78 is 1.46. The summed E-state index contributed by atoms with van der Waals surface area (Å²) in [6.07, 6.45) is 1.50. The average Bonchev–Trinajstić information content (AvgIpc) is 2.55. The van der Waals surface area contributed by atoms with E-state index in [2.05, 4.69) is 5.32 Å². The second-order valence-electron chi connectivity index (χ2n) is 5.92. The molecular weight excluding hydrogens is 316 g/mol. The molecule has 25 heavy (non-hydrogen) atoms. The zero-order valence-corrected chi connectivity index (χ0v) is 14.0. The van der Waals surface area contributed by atoms with Crippen LogP contribution in [0.4, 0.5) is 0 Å². The number of nitrogens with two attached hydrogens (primary N) is 1. The van der Waals surface area contributed by atoms with E-state index >= 15 is 0 Å². The summed E-state index contributed by atoms with van der Waals surface area (Å²) >= 11 is 0. The van der Waals surface area contributed by atoms with Crippen LogP contribution in [-0.2, 0) is 0 Å². The summed E-state index contributed by atoms with van der Waals surface area (Å²) in [6.45, 7) is 3.89. The maximum absolute atomic E-state index is 12.9. The van der Waals surface area contributed by atoms with Crippen molar-refractivity contribution in [2.45, 2.75) is 13.8 Å². The Kier molecular flexibility index (Phi) is 4.10. The van der Waals surface area contributed by atoms with Gasteiger partial charge < -0.3 is 5.73 Å². The van der Waals surface area contributed by atoms with Gasteiger partial charge in [-0.3, -0.25) is 24.9 Å². The summed E-state index contributed by atoms with van der Waals surface area (Å²) in [6, 6.07) is 12.6. The highest BCUT2D eigenvalue weighted by molar-refractivity contribution is 6.11. The van der Waals surface area contributed by atoms with Gasteiger partial charge in [0.25, 0.3) is 11.5 Å². The standard InChI is InChI=1S/C19H18N4O2/c1-11-7-8-16(12(2)9-11)23-10-15(17(24)22-19(20)21)13-5-3-4-6-14(13)18(23)25/h3-10H,1-2H3,(H4,20,21,22,24). The van der Waals surface area contributed by atoms with Crippen molar-refractivity contribution >= 4 is 22.6 Å². The second-order valence-corrected chi connectivity index (χ2v) is 5.92. The Morgan fingerprint density at radius 2 is 1.80 bits per heavy atom. The molecule has 0 saturated heterocycles. The SMILES string of the molecule is Cc1ccc(-n2cc(C(=O)NC(=N)N)c3ccccc3c2=O)c(C)c1. The van der Waals surface area contributed by atoms with Gasteiger partial charge in [0.1, 0.15) is 0 Å². The highest BCUT2D eigenvalue weighted by atomic mass is 16.2. The second kappa shape index (κ2) is 6.24. The minimum Gasteiger partial charge on any atom is -0.370 e. The van der Waals surface area contributed by atoms with Gasteiger partial charge in [-0.25, -0.2) is 0 Å². The molecule has 126 valence electrons. The van der Waals surface area contributed by atoms with Crippen molar-refractivity contribution in [2.75, 3.05) is 0 Å². The first-order chi connectivity index (χ1) is 11.9. The first-order valence-corrected chi connectivity index (χ1v) is 7.76. The molecule has 3 aromatic rings. The number of guanidine groups is 1. The number of fused-ring (bicyclic) bond motifs is 1. The zero-order valence-electron chi connectivity index (χ0n) is 14.0. The van der Waals surface area contributed by atoms with Gasteiger partial charge in [-0.2, -0.15) is 0 Å². The fourth-order valence-electron chi connectivity index (χ4n) is 2.92. The van der Waals surface area contributed by atoms with Crippen LogP contribution in [0.2, 0.25) is 0 Å². The number of carbonyl (C=O) groups is 1. The molecule has 0 spiro atoms. The van der Waals surface area contributed by atoms with E-state index in [9.17, 15) is 9.59 Å². The fraction of sp³-hybridized carbons (Fsp3) is 0.105. The first-order valence-electron chi connectivity index (χ1n) is 7.76. The minimum absolute atomic E-state index is 0.207. The molecule has 0 unspecified atom stereocenters. The van der Waals surface area contributed by atoms with Crippen LogP contribution in [0.25, 0.3) is 16.5 Å². The molecule has 0 fully saturated rings. The van der Waals surface area contributed by atoms with E-state index in [1.54, 1.807) is 24.3 Å². The van der Waals surface area contributed by atoms with Gasteiger partial charge in [0.15, 0.2) is 5.96 Å². The highest BCUT2D eigenvalue weighted by Crippen LogP contribution is 2.20. The van der Waals surface area contributed by atoms with Gasteiger partial charge in [0.2, 0.25) is 0 Å². The predicted octanol–water partition coefficient (Wildman–Crippen LogP) is 2.23. The van der Waals surface area contributed by atoms with E-state index in [0.717, 1.165) is 11.1 Å². The van der Waals surface area contributed by atoms with E-state index in [-0.39, 0.29) is 11.1 Å². The molecule has 0 aliphatic heterocycles. The molecule has 0 radical (unpaired) electrons. The molecule has 1 aromatic heterocycles. The zero-order chi connectivity index (χ0) is 18.1. The lowest BCUT2D eigenvalue weighted by atomic mass is 10.1. The van der Waals surface area contributed by atoms with E-state index < -0.39 is 11.9 Å². The molecular formula is C19H18N4O2. The van der Waals surface area contributed by atoms with Crippen LogP contribution >= 0.6 is 0 Å². The summed E-state index contributed by atoms with van der Waals surface area (Å²) in [7, 11) is 0. The molecule has 0 bridgehead atoms. The number of hydrogen-bond donors (Lipinski definition) is 3. The molecule has 6 heteroatoms. The number of aryl methyl sites for hydroxylation is 2. The monoisotopic (exact) mass is 334 g/mol. The van der Waals surface area contributed by atoms with Crippen LogP contribution in [0.5, 0.6) is 0 Å². The number of hydrogen-bond acceptors (Lipinski definition) is 3. The normalized spacial score (nSPS) is 10.6. The van der Waals surface area contributed by atoms with Gasteiger partial charge in [0.05, 0.1) is 11.3 Å². The number of rotatable bonds is 2. The van der Waals surface area contributed by atoms with Crippen LogP contribution in [-0.4, -0.2) is 16.4 Å². The van der Waals surface area contributed by atoms with E-state index in [0.29, 0.717) is 16.5 Å². The van der Waals surface area contributed by atoms with Gasteiger partial charge in [-0.1, -0.05) is 35.9 Å². The van der Waals surface area contributed by atoms with Gasteiger partial charge in [0, 0.05) is 17.0 Å². The smallest absolute Gasteiger partial charge is 0.263 e. The predicted molar refractivity (Wildman–Crippen MR) is 98.4 cm³/mol. The lowest BCUT2D eigenvalue weighted by Crippen LogP contribution is -2.36. The molecule has 4 N–H and O–H groups in total. The Labute approximate surface area is 144 Å². The lowest BCUT2D eigenvalue weighted by molar-refractivity contribution is 0.0977. The van der Waals surface area contributed by atoms with Crippen molar-refractivity contribution in [2.24, 2.45) is 5.73 Å². The molecule has 0 atom stereocenters. The molecule has 0 aliphatic carbocycles. The number of pyridine rings is 1. The topological polar surface area (TPSA) is 101 Å². The average molecular weight is 334 g/mol. The Bertz CT molecular complexity index is 1070. The molecule has 0 saturated carbocycles. The van der Waals surface area contributed by atoms with Crippen molar-refractivity contribution in [1.82, 2.24) is 9.88 Å². The Morgan fingerprint density at radius 3 is 2.44 bits per heavy atom. The van der Waals surface area contributed by atoms with Gasteiger partial charge in [-0.05, 0) is 31.5 Å². The molecule has 1 amide bonds. The first kappa shape index (κ1) is 16.4. The quantitative estimate of drug-likeness (QED) is 0.495. The van der Waals surface area contributed by atoms with Gasteiger partial charge >= 0.3 is 0 Å². The van der Waals surface area contributed by atoms with Gasteiger partial charge in [-0.15, -0.1) is 0 Å². The van der Waals surface area contributed by atoms with Crippen molar-refractivity contribution < 1.29 is 4.79 Å². The fourth-order valence-corrected chi connectivity index (χ4v) is 2.92. The molecule has 6 nitrogen and oxygen atoms in total. The number of benzene rings is 2. The minimum atomic E-state index is -0.526. The molecule has 3 rings (SSSR count). The van der Waals surface area contributed by atoms with Crippen LogP contribution in [0.3, 0.4) is 0 Å². The molecule has 1 heterocycles. The number of nitrogens with zero attached hydrogens (tertiary/aromatic N) is 1. The van der Waals surface area contributed by atoms with Crippen LogP contribution in [0.15, 0.2) is 53.5 Å². The van der Waals surface area contributed by atoms with Crippen molar-refractivity contribution in [3.8, 4) is 5.69 Å². The van der Waals surface area contributed by atoms with Crippen LogP contribution in [0.1, 0.15) is 21.5 Å². The molecule has 0 aliphatic rings. The van der Waals surface area contributed by atoms with Crippen LogP contribution in [0, 0.1) is 19.3 Å². The third kappa shape index (κ3) is 3.01. The third-order valence-electron chi connectivity index (χ3n) is 4.03. The number of aromatic nitrogens is 1. The van der Waals surface area contributed by atoms with Crippen molar-refractivity contribution in [1.29, 1.82) is 5.41 Å². The maximum Gasteiger partial charge on any atom is 0.263 e. The summed E-state index contributed by atoms with van der Waals surface area (Å²) in [5.74, 6) is -0.972. The summed E-state index contributed by atoms with van der Waals surface area (Å²) in [4.78, 5) is 25.4. The van der Waals surface area contributed by atoms with Crippen LogP contribution < -0.4 is 16.6 Å². The third-order valence-corrected chi connectivity index (χ3v) is 4.03. The number of nitrogens with one attached hydrogen (secondary N) is 2. The largest absolute Gasteiger partial charge is 0.370 e. The maximum atomic E-state index is 12.9. The van der Waals surface area contributed by atoms with Crippen molar-refractivity contribution in [3.63, 3.8) is 0 Å². The number of carbonyl (C=O) groups excluding carboxylic acids is 1.